The molecule has 0 saturated heterocycles. The lowest BCUT2D eigenvalue weighted by atomic mass is 9.75. The van der Waals surface area contributed by atoms with Gasteiger partial charge >= 0.3 is 11.9 Å². The van der Waals surface area contributed by atoms with Gasteiger partial charge in [0, 0.05) is 5.69 Å². The van der Waals surface area contributed by atoms with Crippen molar-refractivity contribution in [3.05, 3.63) is 64.7 Å². The maximum absolute atomic E-state index is 13.1. The molecule has 0 radical (unpaired) electrons. The molecule has 0 bridgehead atoms. The summed E-state index contributed by atoms with van der Waals surface area (Å²) in [5.74, 6) is -0.486. The molecule has 6 heteroatoms. The fourth-order valence-corrected chi connectivity index (χ4v) is 5.08. The first kappa shape index (κ1) is 27.4. The Balaban J connectivity index is 1.67. The van der Waals surface area contributed by atoms with Gasteiger partial charge in [-0.3, -0.25) is 4.79 Å². The molecule has 1 saturated carbocycles. The number of rotatable bonds is 9. The van der Waals surface area contributed by atoms with Gasteiger partial charge in [-0.15, -0.1) is 0 Å². The van der Waals surface area contributed by atoms with Crippen LogP contribution in [-0.2, 0) is 27.1 Å². The molecule has 1 N–H and O–H groups in total. The number of carbonyl (C=O) groups is 3. The summed E-state index contributed by atoms with van der Waals surface area (Å²) in [6.45, 7) is 10.1. The van der Waals surface area contributed by atoms with Crippen molar-refractivity contribution >= 4 is 23.5 Å². The molecule has 0 unspecified atom stereocenters. The van der Waals surface area contributed by atoms with Crippen molar-refractivity contribution < 1.29 is 23.9 Å². The molecule has 2 aromatic carbocycles. The van der Waals surface area contributed by atoms with E-state index < -0.39 is 24.5 Å². The van der Waals surface area contributed by atoms with Crippen LogP contribution in [0.5, 0.6) is 0 Å². The van der Waals surface area contributed by atoms with Crippen molar-refractivity contribution in [3.8, 4) is 0 Å². The van der Waals surface area contributed by atoms with E-state index in [4.69, 9.17) is 9.47 Å². The van der Waals surface area contributed by atoms with E-state index in [2.05, 4.69) is 26.1 Å². The Hall–Kier alpha value is -3.15. The Labute approximate surface area is 214 Å². The average Bonchev–Trinajstić information content (AvgIpc) is 2.87. The van der Waals surface area contributed by atoms with Crippen molar-refractivity contribution in [1.82, 2.24) is 0 Å². The third-order valence-corrected chi connectivity index (χ3v) is 7.18. The fourth-order valence-electron chi connectivity index (χ4n) is 5.08. The SMILES string of the molecule is CCc1cccc(CC)c1NC(=O)COC(=O)c1ccccc1C(=O)O[C@@H]1C[C@@H](C)CC[C@@H]1C(C)C. The lowest BCUT2D eigenvalue weighted by Gasteiger charge is -2.36. The number of benzene rings is 2. The smallest absolute Gasteiger partial charge is 0.339 e. The van der Waals surface area contributed by atoms with E-state index in [-0.39, 0.29) is 17.2 Å². The normalized spacial score (nSPS) is 19.6. The number of para-hydroxylation sites is 1. The zero-order chi connectivity index (χ0) is 26.2. The van der Waals surface area contributed by atoms with Crippen LogP contribution in [0.1, 0.15) is 85.7 Å². The van der Waals surface area contributed by atoms with Crippen molar-refractivity contribution in [2.75, 3.05) is 11.9 Å². The minimum Gasteiger partial charge on any atom is -0.458 e. The Bertz CT molecular complexity index is 1050. The van der Waals surface area contributed by atoms with Gasteiger partial charge in [-0.1, -0.05) is 71.4 Å². The summed E-state index contributed by atoms with van der Waals surface area (Å²) in [6.07, 6.45) is 4.34. The molecule has 6 nitrogen and oxygen atoms in total. The zero-order valence-electron chi connectivity index (χ0n) is 22.1. The van der Waals surface area contributed by atoms with Gasteiger partial charge in [0.1, 0.15) is 6.10 Å². The van der Waals surface area contributed by atoms with Gasteiger partial charge in [0.2, 0.25) is 0 Å². The molecule has 1 amide bonds. The summed E-state index contributed by atoms with van der Waals surface area (Å²) in [6, 6.07) is 12.4. The first-order valence-electron chi connectivity index (χ1n) is 13.1. The molecule has 2 aromatic rings. The topological polar surface area (TPSA) is 81.7 Å². The minimum atomic E-state index is -0.727. The quantitative estimate of drug-likeness (QED) is 0.419. The predicted octanol–water partition coefficient (Wildman–Crippen LogP) is 6.22. The number of esters is 2. The van der Waals surface area contributed by atoms with Gasteiger partial charge < -0.3 is 14.8 Å². The molecule has 3 rings (SSSR count). The lowest BCUT2D eigenvalue weighted by molar-refractivity contribution is -0.119. The fraction of sp³-hybridized carbons (Fsp3) is 0.500. The van der Waals surface area contributed by atoms with Crippen LogP contribution in [0.15, 0.2) is 42.5 Å². The van der Waals surface area contributed by atoms with Gasteiger partial charge in [0.15, 0.2) is 6.61 Å². The minimum absolute atomic E-state index is 0.100. The highest BCUT2D eigenvalue weighted by molar-refractivity contribution is 6.04. The molecule has 0 aromatic heterocycles. The monoisotopic (exact) mass is 493 g/mol. The van der Waals surface area contributed by atoms with E-state index in [1.165, 1.54) is 6.07 Å². The molecule has 1 fully saturated rings. The van der Waals surface area contributed by atoms with E-state index >= 15 is 0 Å². The Morgan fingerprint density at radius 1 is 0.917 bits per heavy atom. The highest BCUT2D eigenvalue weighted by Crippen LogP contribution is 2.36. The molecule has 36 heavy (non-hydrogen) atoms. The van der Waals surface area contributed by atoms with Crippen LogP contribution in [0.4, 0.5) is 5.69 Å². The maximum atomic E-state index is 13.1. The van der Waals surface area contributed by atoms with Crippen molar-refractivity contribution in [3.63, 3.8) is 0 Å². The van der Waals surface area contributed by atoms with Crippen LogP contribution in [0.2, 0.25) is 0 Å². The maximum Gasteiger partial charge on any atom is 0.339 e. The van der Waals surface area contributed by atoms with Crippen LogP contribution in [0.25, 0.3) is 0 Å². The van der Waals surface area contributed by atoms with Crippen LogP contribution in [0, 0.1) is 17.8 Å². The third kappa shape index (κ3) is 6.74. The highest BCUT2D eigenvalue weighted by atomic mass is 16.5. The first-order chi connectivity index (χ1) is 17.2. The summed E-state index contributed by atoms with van der Waals surface area (Å²) in [7, 11) is 0. The number of hydrogen-bond donors (Lipinski definition) is 1. The van der Waals surface area contributed by atoms with Crippen LogP contribution >= 0.6 is 0 Å². The number of hydrogen-bond acceptors (Lipinski definition) is 5. The number of aryl methyl sites for hydroxylation is 2. The number of carbonyl (C=O) groups excluding carboxylic acids is 3. The Kier molecular flexibility index (Phi) is 9.68. The van der Waals surface area contributed by atoms with Crippen molar-refractivity contribution in [2.24, 2.45) is 17.8 Å². The van der Waals surface area contributed by atoms with E-state index in [1.54, 1.807) is 18.2 Å². The zero-order valence-corrected chi connectivity index (χ0v) is 22.1. The molecule has 0 heterocycles. The number of ether oxygens (including phenoxy) is 2. The van der Waals surface area contributed by atoms with E-state index in [0.29, 0.717) is 17.8 Å². The largest absolute Gasteiger partial charge is 0.458 e. The van der Waals surface area contributed by atoms with Crippen molar-refractivity contribution in [1.29, 1.82) is 0 Å². The number of amides is 1. The molecular weight excluding hydrogens is 454 g/mol. The van der Waals surface area contributed by atoms with Crippen LogP contribution < -0.4 is 5.32 Å². The molecule has 0 aliphatic heterocycles. The predicted molar refractivity (Wildman–Crippen MR) is 141 cm³/mol. The molecule has 1 aliphatic rings. The number of nitrogens with one attached hydrogen (secondary N) is 1. The summed E-state index contributed by atoms with van der Waals surface area (Å²) in [4.78, 5) is 38.6. The standard InChI is InChI=1S/C30H39NO5/c1-6-21-11-10-12-22(7-2)28(21)31-27(32)18-35-29(33)24-13-8-9-14-25(24)30(34)36-26-17-20(5)15-16-23(26)19(3)4/h8-14,19-20,23,26H,6-7,15-18H2,1-5H3,(H,31,32)/t20-,23+,26+/m0/s1. The summed E-state index contributed by atoms with van der Waals surface area (Å²) in [5.41, 5.74) is 3.09. The summed E-state index contributed by atoms with van der Waals surface area (Å²) >= 11 is 0. The van der Waals surface area contributed by atoms with Crippen LogP contribution in [-0.4, -0.2) is 30.6 Å². The molecule has 0 spiro atoms. The van der Waals surface area contributed by atoms with Gasteiger partial charge in [-0.2, -0.15) is 0 Å². The highest BCUT2D eigenvalue weighted by Gasteiger charge is 2.34. The molecule has 1 aliphatic carbocycles. The second-order valence-corrected chi connectivity index (χ2v) is 10.1. The second-order valence-electron chi connectivity index (χ2n) is 10.1. The summed E-state index contributed by atoms with van der Waals surface area (Å²) in [5, 5.41) is 2.89. The second kappa shape index (κ2) is 12.7. The Morgan fingerprint density at radius 3 is 2.11 bits per heavy atom. The van der Waals surface area contributed by atoms with E-state index in [1.807, 2.05) is 32.0 Å². The van der Waals surface area contributed by atoms with E-state index in [0.717, 1.165) is 48.9 Å². The van der Waals surface area contributed by atoms with Gasteiger partial charge in [-0.25, -0.2) is 9.59 Å². The average molecular weight is 494 g/mol. The summed E-state index contributed by atoms with van der Waals surface area (Å²) < 4.78 is 11.2. The lowest BCUT2D eigenvalue weighted by Crippen LogP contribution is -2.36. The third-order valence-electron chi connectivity index (χ3n) is 7.18. The van der Waals surface area contributed by atoms with Crippen LogP contribution in [0.3, 0.4) is 0 Å². The molecule has 194 valence electrons. The molecular formula is C30H39NO5. The first-order valence-corrected chi connectivity index (χ1v) is 13.1. The Morgan fingerprint density at radius 2 is 1.53 bits per heavy atom. The van der Waals surface area contributed by atoms with Gasteiger partial charge in [0.05, 0.1) is 11.1 Å². The van der Waals surface area contributed by atoms with E-state index in [9.17, 15) is 14.4 Å². The van der Waals surface area contributed by atoms with Gasteiger partial charge in [0.25, 0.3) is 5.91 Å². The number of anilines is 1. The van der Waals surface area contributed by atoms with Crippen molar-refractivity contribution in [2.45, 2.75) is 72.8 Å². The van der Waals surface area contributed by atoms with Gasteiger partial charge in [-0.05, 0) is 66.7 Å². The molecule has 3 atom stereocenters.